The van der Waals surface area contributed by atoms with Crippen LogP contribution in [0.5, 0.6) is 0 Å². The second-order valence-electron chi connectivity index (χ2n) is 3.57. The number of ketones is 1. The Bertz CT molecular complexity index is 160. The highest BCUT2D eigenvalue weighted by molar-refractivity contribution is 5.90. The van der Waals surface area contributed by atoms with E-state index in [9.17, 15) is 4.79 Å². The normalized spacial score (nSPS) is 10.1. The predicted molar refractivity (Wildman–Crippen MR) is 53.1 cm³/mol. The van der Waals surface area contributed by atoms with Crippen LogP contribution in [0.2, 0.25) is 0 Å². The van der Waals surface area contributed by atoms with Crippen LogP contribution in [0.4, 0.5) is 0 Å². The molecule has 0 aliphatic rings. The van der Waals surface area contributed by atoms with Gasteiger partial charge in [-0.25, -0.2) is 0 Å². The van der Waals surface area contributed by atoms with Gasteiger partial charge in [-0.15, -0.1) is 0 Å². The molecule has 0 fully saturated rings. The number of carbonyl (C=O) groups is 1. The Morgan fingerprint density at radius 1 is 1.25 bits per heavy atom. The summed E-state index contributed by atoms with van der Waals surface area (Å²) in [5, 5.41) is 0. The molecular weight excluding hydrogens is 148 g/mol. The maximum Gasteiger partial charge on any atom is 0.155 e. The fraction of sp³-hybridized carbons (Fsp3) is 0.727. The fourth-order valence-corrected chi connectivity index (χ4v) is 1.14. The summed E-state index contributed by atoms with van der Waals surface area (Å²) >= 11 is 0. The molecule has 0 N–H and O–H groups in total. The molecule has 0 amide bonds. The van der Waals surface area contributed by atoms with E-state index in [1.54, 1.807) is 0 Å². The first-order valence-corrected chi connectivity index (χ1v) is 4.82. The molecule has 0 saturated carbocycles. The van der Waals surface area contributed by atoms with Crippen molar-refractivity contribution in [3.63, 3.8) is 0 Å². The second kappa shape index (κ2) is 5.99. The van der Waals surface area contributed by atoms with E-state index in [-0.39, 0.29) is 5.78 Å². The van der Waals surface area contributed by atoms with Gasteiger partial charge < -0.3 is 0 Å². The van der Waals surface area contributed by atoms with Crippen LogP contribution in [0.3, 0.4) is 0 Å². The lowest BCUT2D eigenvalue weighted by Crippen LogP contribution is -2.00. The number of hydrogen-bond acceptors (Lipinski definition) is 1. The molecule has 1 heteroatoms. The Hall–Kier alpha value is -0.590. The van der Waals surface area contributed by atoms with Crippen molar-refractivity contribution in [1.82, 2.24) is 0 Å². The van der Waals surface area contributed by atoms with E-state index >= 15 is 0 Å². The summed E-state index contributed by atoms with van der Waals surface area (Å²) in [5.41, 5.74) is 1.26. The highest BCUT2D eigenvalue weighted by atomic mass is 16.1. The van der Waals surface area contributed by atoms with Gasteiger partial charge in [-0.3, -0.25) is 4.79 Å². The summed E-state index contributed by atoms with van der Waals surface area (Å²) in [6, 6.07) is 0. The van der Waals surface area contributed by atoms with Crippen molar-refractivity contribution in [2.75, 3.05) is 0 Å². The fourth-order valence-electron chi connectivity index (χ4n) is 1.14. The molecule has 0 rings (SSSR count). The van der Waals surface area contributed by atoms with Crippen molar-refractivity contribution in [2.45, 2.75) is 47.0 Å². The number of rotatable bonds is 5. The summed E-state index contributed by atoms with van der Waals surface area (Å²) in [7, 11) is 0. The zero-order valence-electron chi connectivity index (χ0n) is 8.68. The summed E-state index contributed by atoms with van der Waals surface area (Å²) in [6.45, 7) is 8.34. The number of hydrogen-bond donors (Lipinski definition) is 0. The third kappa shape index (κ3) is 5.11. The topological polar surface area (TPSA) is 17.1 Å². The molecule has 0 aliphatic carbocycles. The van der Waals surface area contributed by atoms with Crippen LogP contribution < -0.4 is 0 Å². The van der Waals surface area contributed by atoms with Crippen molar-refractivity contribution in [2.24, 2.45) is 5.92 Å². The van der Waals surface area contributed by atoms with Crippen molar-refractivity contribution in [3.8, 4) is 0 Å². The molecule has 0 aromatic carbocycles. The lowest BCUT2D eigenvalue weighted by atomic mass is 10.0. The molecule has 0 radical (unpaired) electrons. The maximum absolute atomic E-state index is 11.3. The molecule has 0 aromatic heterocycles. The lowest BCUT2D eigenvalue weighted by Gasteiger charge is -2.02. The molecule has 70 valence electrons. The predicted octanol–water partition coefficient (Wildman–Crippen LogP) is 3.35. The highest BCUT2D eigenvalue weighted by Crippen LogP contribution is 2.08. The third-order valence-corrected chi connectivity index (χ3v) is 1.88. The SMILES string of the molecule is CCC(=CC(=O)CC(C)C)CC. The van der Waals surface area contributed by atoms with Crippen LogP contribution >= 0.6 is 0 Å². The summed E-state index contributed by atoms with van der Waals surface area (Å²) in [4.78, 5) is 11.3. The van der Waals surface area contributed by atoms with Gasteiger partial charge in [-0.2, -0.15) is 0 Å². The average molecular weight is 168 g/mol. The second-order valence-corrected chi connectivity index (χ2v) is 3.57. The molecule has 0 saturated heterocycles. The van der Waals surface area contributed by atoms with E-state index in [0.29, 0.717) is 12.3 Å². The van der Waals surface area contributed by atoms with Gasteiger partial charge in [0.15, 0.2) is 5.78 Å². The molecule has 1 nitrogen and oxygen atoms in total. The minimum absolute atomic E-state index is 0.281. The number of carbonyl (C=O) groups excluding carboxylic acids is 1. The summed E-state index contributed by atoms with van der Waals surface area (Å²) in [5.74, 6) is 0.757. The van der Waals surface area contributed by atoms with E-state index in [1.165, 1.54) is 5.57 Å². The quantitative estimate of drug-likeness (QED) is 0.575. The molecule has 0 bridgehead atoms. The minimum Gasteiger partial charge on any atom is -0.295 e. The smallest absolute Gasteiger partial charge is 0.155 e. The van der Waals surface area contributed by atoms with Gasteiger partial charge in [0, 0.05) is 6.42 Å². The third-order valence-electron chi connectivity index (χ3n) is 1.88. The molecule has 0 aliphatic heterocycles. The molecule has 12 heavy (non-hydrogen) atoms. The van der Waals surface area contributed by atoms with Crippen LogP contribution in [0.1, 0.15) is 47.0 Å². The zero-order valence-corrected chi connectivity index (χ0v) is 8.68. The van der Waals surface area contributed by atoms with Crippen molar-refractivity contribution in [3.05, 3.63) is 11.6 Å². The minimum atomic E-state index is 0.281. The van der Waals surface area contributed by atoms with E-state index < -0.39 is 0 Å². The molecule has 0 atom stereocenters. The Balaban J connectivity index is 4.02. The van der Waals surface area contributed by atoms with Crippen molar-refractivity contribution < 1.29 is 4.79 Å². The molecule has 0 spiro atoms. The Morgan fingerprint density at radius 2 is 1.75 bits per heavy atom. The van der Waals surface area contributed by atoms with Gasteiger partial charge in [-0.05, 0) is 24.8 Å². The van der Waals surface area contributed by atoms with Gasteiger partial charge in [0.25, 0.3) is 0 Å². The van der Waals surface area contributed by atoms with Gasteiger partial charge in [0.1, 0.15) is 0 Å². The Morgan fingerprint density at radius 3 is 2.08 bits per heavy atom. The van der Waals surface area contributed by atoms with Gasteiger partial charge >= 0.3 is 0 Å². The molecule has 0 heterocycles. The van der Waals surface area contributed by atoms with Gasteiger partial charge in [-0.1, -0.05) is 33.3 Å². The van der Waals surface area contributed by atoms with Gasteiger partial charge in [0.2, 0.25) is 0 Å². The molecule has 0 unspecified atom stereocenters. The first-order valence-electron chi connectivity index (χ1n) is 4.82. The zero-order chi connectivity index (χ0) is 9.56. The van der Waals surface area contributed by atoms with Crippen molar-refractivity contribution in [1.29, 1.82) is 0 Å². The largest absolute Gasteiger partial charge is 0.295 e. The van der Waals surface area contributed by atoms with Crippen LogP contribution in [0.15, 0.2) is 11.6 Å². The average Bonchev–Trinajstić information content (AvgIpc) is 1.98. The van der Waals surface area contributed by atoms with E-state index in [4.69, 9.17) is 0 Å². The van der Waals surface area contributed by atoms with Crippen molar-refractivity contribution >= 4 is 5.78 Å². The molecule has 0 aromatic rings. The molecular formula is C11H20O. The number of allylic oxidation sites excluding steroid dienone is 2. The van der Waals surface area contributed by atoms with E-state index in [2.05, 4.69) is 27.7 Å². The highest BCUT2D eigenvalue weighted by Gasteiger charge is 2.02. The van der Waals surface area contributed by atoms with Gasteiger partial charge in [0.05, 0.1) is 0 Å². The van der Waals surface area contributed by atoms with Crippen LogP contribution in [-0.2, 0) is 4.79 Å². The first kappa shape index (κ1) is 11.4. The Kier molecular flexibility index (Phi) is 5.69. The summed E-state index contributed by atoms with van der Waals surface area (Å²) < 4.78 is 0. The Labute approximate surface area is 75.9 Å². The van der Waals surface area contributed by atoms with Crippen LogP contribution in [-0.4, -0.2) is 5.78 Å². The monoisotopic (exact) mass is 168 g/mol. The van der Waals surface area contributed by atoms with Crippen LogP contribution in [0, 0.1) is 5.92 Å². The lowest BCUT2D eigenvalue weighted by molar-refractivity contribution is -0.115. The summed E-state index contributed by atoms with van der Waals surface area (Å²) in [6.07, 6.45) is 4.50. The standard InChI is InChI=1S/C11H20O/c1-5-10(6-2)8-11(12)7-9(3)4/h8-9H,5-7H2,1-4H3. The maximum atomic E-state index is 11.3. The van der Waals surface area contributed by atoms with E-state index in [1.807, 2.05) is 6.08 Å². The van der Waals surface area contributed by atoms with E-state index in [0.717, 1.165) is 12.8 Å². The first-order chi connectivity index (χ1) is 5.60. The van der Waals surface area contributed by atoms with Crippen LogP contribution in [0.25, 0.3) is 0 Å².